The van der Waals surface area contributed by atoms with Crippen LogP contribution in [0.3, 0.4) is 0 Å². The van der Waals surface area contributed by atoms with Crippen LogP contribution in [0.25, 0.3) is 0 Å². The van der Waals surface area contributed by atoms with Gasteiger partial charge >= 0.3 is 6.18 Å². The van der Waals surface area contributed by atoms with Crippen LogP contribution in [0, 0.1) is 17.8 Å². The summed E-state index contributed by atoms with van der Waals surface area (Å²) >= 11 is 6.18. The van der Waals surface area contributed by atoms with Gasteiger partial charge in [-0.1, -0.05) is 35.4 Å². The Morgan fingerprint density at radius 2 is 1.82 bits per heavy atom. The van der Waals surface area contributed by atoms with E-state index in [-0.39, 0.29) is 51.9 Å². The van der Waals surface area contributed by atoms with Crippen molar-refractivity contribution in [3.05, 3.63) is 81.1 Å². The van der Waals surface area contributed by atoms with Crippen molar-refractivity contribution in [3.63, 3.8) is 0 Å². The molecule has 0 radical (unpaired) electrons. The number of pyridine rings is 1. The molecule has 228 valence electrons. The van der Waals surface area contributed by atoms with Crippen molar-refractivity contribution in [1.82, 2.24) is 9.99 Å². The molecule has 9 nitrogen and oxygen atoms in total. The summed E-state index contributed by atoms with van der Waals surface area (Å²) in [6, 6.07) is 6.46. The molecule has 6 rings (SSSR count). The molecule has 1 aliphatic heterocycles. The number of ether oxygens (including phenoxy) is 1. The van der Waals surface area contributed by atoms with Crippen LogP contribution in [-0.2, 0) is 25.4 Å². The van der Waals surface area contributed by atoms with Crippen LogP contribution in [0.15, 0.2) is 64.8 Å². The first-order chi connectivity index (χ1) is 20.8. The highest BCUT2D eigenvalue weighted by Crippen LogP contribution is 2.57. The average Bonchev–Trinajstić information content (AvgIpc) is 3.23. The van der Waals surface area contributed by atoms with Gasteiger partial charge in [0.1, 0.15) is 5.69 Å². The maximum absolute atomic E-state index is 14.1. The fourth-order valence-electron chi connectivity index (χ4n) is 6.86. The van der Waals surface area contributed by atoms with E-state index < -0.39 is 59.0 Å². The number of amides is 2. The highest BCUT2D eigenvalue weighted by molar-refractivity contribution is 6.33. The number of phenolic OH excluding ortho intramolecular Hbond substituents is 1. The summed E-state index contributed by atoms with van der Waals surface area (Å²) in [5.74, 6) is -6.19. The van der Waals surface area contributed by atoms with E-state index in [2.05, 4.69) is 4.98 Å². The zero-order valence-electron chi connectivity index (χ0n) is 23.6. The van der Waals surface area contributed by atoms with Crippen LogP contribution in [0.2, 0.25) is 5.02 Å². The maximum atomic E-state index is 14.1. The third-order valence-electron chi connectivity index (χ3n) is 8.82. The van der Waals surface area contributed by atoms with Gasteiger partial charge in [-0.15, -0.1) is 0 Å². The minimum Gasteiger partial charge on any atom is -0.504 e. The number of para-hydroxylation sites is 1. The Morgan fingerprint density at radius 1 is 1.09 bits per heavy atom. The van der Waals surface area contributed by atoms with Crippen LogP contribution in [-0.4, -0.2) is 52.6 Å². The van der Waals surface area contributed by atoms with Crippen molar-refractivity contribution < 1.29 is 42.2 Å². The number of ketones is 2. The number of anilines is 1. The summed E-state index contributed by atoms with van der Waals surface area (Å²) in [4.78, 5) is 58.3. The van der Waals surface area contributed by atoms with Gasteiger partial charge in [0.25, 0.3) is 11.8 Å². The highest BCUT2D eigenvalue weighted by Gasteiger charge is 2.58. The molecule has 1 aromatic carbocycles. The molecule has 0 bridgehead atoms. The number of phenols is 1. The molecule has 1 N–H and O–H groups in total. The zero-order valence-corrected chi connectivity index (χ0v) is 24.4. The number of hydrogen-bond donors (Lipinski definition) is 1. The lowest BCUT2D eigenvalue weighted by Gasteiger charge is -2.42. The molecular formula is C31H25ClF3N3O6. The number of hydrogen-bond acceptors (Lipinski definition) is 8. The normalized spacial score (nSPS) is 24.9. The zero-order chi connectivity index (χ0) is 31.8. The van der Waals surface area contributed by atoms with Gasteiger partial charge in [-0.2, -0.15) is 18.2 Å². The second kappa shape index (κ2) is 10.3. The van der Waals surface area contributed by atoms with E-state index in [9.17, 15) is 37.5 Å². The molecule has 3 aliphatic carbocycles. The first kappa shape index (κ1) is 29.6. The van der Waals surface area contributed by atoms with E-state index in [1.54, 1.807) is 18.2 Å². The van der Waals surface area contributed by atoms with Crippen LogP contribution in [0.1, 0.15) is 36.9 Å². The molecular weight excluding hydrogens is 603 g/mol. The SMILES string of the molecule is COc1cccc(C2C3=CCC4C(=O)N(N(C)c5nc(C(F)(F)F)ccc5Cl)C(=O)C4C3CC3=C2C(=O)C=C(C)C3=O)c1O. The van der Waals surface area contributed by atoms with Crippen molar-refractivity contribution in [1.29, 1.82) is 0 Å². The predicted octanol–water partition coefficient (Wildman–Crippen LogP) is 4.95. The van der Waals surface area contributed by atoms with Gasteiger partial charge in [0, 0.05) is 35.2 Å². The van der Waals surface area contributed by atoms with Gasteiger partial charge in [-0.25, -0.2) is 4.98 Å². The van der Waals surface area contributed by atoms with E-state index in [4.69, 9.17) is 16.3 Å². The van der Waals surface area contributed by atoms with Crippen molar-refractivity contribution in [2.75, 3.05) is 19.2 Å². The Labute approximate surface area is 254 Å². The number of halogens is 4. The van der Waals surface area contributed by atoms with Crippen LogP contribution in [0.4, 0.5) is 19.0 Å². The molecule has 44 heavy (non-hydrogen) atoms. The molecule has 13 heteroatoms. The number of Topliss-reactive ketones (excluding diaryl/α,β-unsaturated/α-hetero) is 1. The number of alkyl halides is 3. The van der Waals surface area contributed by atoms with Crippen molar-refractivity contribution in [2.24, 2.45) is 17.8 Å². The summed E-state index contributed by atoms with van der Waals surface area (Å²) in [6.07, 6.45) is -1.72. The Kier molecular flexibility index (Phi) is 6.95. The molecule has 1 fully saturated rings. The monoisotopic (exact) mass is 627 g/mol. The van der Waals surface area contributed by atoms with Crippen molar-refractivity contribution in [3.8, 4) is 11.5 Å². The Balaban J connectivity index is 1.45. The van der Waals surface area contributed by atoms with Crippen LogP contribution < -0.4 is 9.75 Å². The number of carbonyl (C=O) groups is 4. The van der Waals surface area contributed by atoms with E-state index in [0.717, 1.165) is 16.1 Å². The molecule has 4 unspecified atom stereocenters. The van der Waals surface area contributed by atoms with Gasteiger partial charge in [0.05, 0.1) is 24.0 Å². The average molecular weight is 628 g/mol. The Morgan fingerprint density at radius 3 is 2.50 bits per heavy atom. The third kappa shape index (κ3) is 4.34. The van der Waals surface area contributed by atoms with Gasteiger partial charge in [-0.05, 0) is 50.0 Å². The lowest BCUT2D eigenvalue weighted by molar-refractivity contribution is -0.141. The molecule has 1 aromatic heterocycles. The largest absolute Gasteiger partial charge is 0.504 e. The van der Waals surface area contributed by atoms with E-state index >= 15 is 0 Å². The molecule has 0 saturated carbocycles. The number of aromatic nitrogens is 1. The smallest absolute Gasteiger partial charge is 0.433 e. The second-order valence-electron chi connectivity index (χ2n) is 11.1. The Bertz CT molecular complexity index is 1760. The molecule has 4 aliphatic rings. The molecule has 0 spiro atoms. The predicted molar refractivity (Wildman–Crippen MR) is 150 cm³/mol. The summed E-state index contributed by atoms with van der Waals surface area (Å²) in [7, 11) is 2.60. The van der Waals surface area contributed by atoms with Crippen molar-refractivity contribution in [2.45, 2.75) is 31.9 Å². The van der Waals surface area contributed by atoms with Gasteiger partial charge in [-0.3, -0.25) is 24.2 Å². The molecule has 2 amide bonds. The highest BCUT2D eigenvalue weighted by atomic mass is 35.5. The number of fused-ring (bicyclic) bond motifs is 3. The number of allylic oxidation sites excluding steroid dienone is 6. The first-order valence-electron chi connectivity index (χ1n) is 13.7. The number of nitrogens with zero attached hydrogens (tertiary/aromatic N) is 3. The van der Waals surface area contributed by atoms with Gasteiger partial charge in [0.15, 0.2) is 28.9 Å². The third-order valence-corrected chi connectivity index (χ3v) is 9.12. The molecule has 2 aromatic rings. The molecule has 2 heterocycles. The maximum Gasteiger partial charge on any atom is 0.433 e. The Hall–Kier alpha value is -4.45. The fourth-order valence-corrected chi connectivity index (χ4v) is 7.09. The van der Waals surface area contributed by atoms with E-state index in [1.165, 1.54) is 33.2 Å². The van der Waals surface area contributed by atoms with Gasteiger partial charge < -0.3 is 9.84 Å². The summed E-state index contributed by atoms with van der Waals surface area (Å²) in [6.45, 7) is 1.52. The lowest BCUT2D eigenvalue weighted by atomic mass is 9.59. The van der Waals surface area contributed by atoms with Crippen LogP contribution in [0.5, 0.6) is 11.5 Å². The number of hydrazine groups is 1. The van der Waals surface area contributed by atoms with Crippen molar-refractivity contribution >= 4 is 40.8 Å². The molecule has 4 atom stereocenters. The summed E-state index contributed by atoms with van der Waals surface area (Å²) in [5, 5.41) is 12.6. The minimum absolute atomic E-state index is 0.0154. The minimum atomic E-state index is -4.79. The number of methoxy groups -OCH3 is 1. The first-order valence-corrected chi connectivity index (χ1v) is 14.0. The number of carbonyl (C=O) groups excluding carboxylic acids is 4. The van der Waals surface area contributed by atoms with Crippen LogP contribution >= 0.6 is 11.6 Å². The van der Waals surface area contributed by atoms with E-state index in [1.807, 2.05) is 0 Å². The number of imide groups is 1. The standard InChI is InChI=1S/C31H25ClF3N3O6/c1-13-11-20(39)25-18(26(13)40)12-17-14(23(25)15-5-4-6-21(44-3)27(15)41)7-8-16-24(17)30(43)38(29(16)42)37(2)28-19(32)9-10-22(36-28)31(33,34)35/h4-7,9-11,16-17,23-24,41H,8,12H2,1-3H3. The lowest BCUT2D eigenvalue weighted by Crippen LogP contribution is -2.46. The second-order valence-corrected chi connectivity index (χ2v) is 11.5. The summed E-state index contributed by atoms with van der Waals surface area (Å²) in [5.41, 5.74) is 0.244. The van der Waals surface area contributed by atoms with Gasteiger partial charge in [0.2, 0.25) is 0 Å². The number of aromatic hydroxyl groups is 1. The number of benzene rings is 1. The van der Waals surface area contributed by atoms with E-state index in [0.29, 0.717) is 17.2 Å². The summed E-state index contributed by atoms with van der Waals surface area (Å²) < 4.78 is 45.6. The topological polar surface area (TPSA) is 117 Å². The fraction of sp³-hybridized carbons (Fsp3) is 0.323. The molecule has 1 saturated heterocycles. The number of rotatable bonds is 4. The quantitative estimate of drug-likeness (QED) is 0.288.